The number of imide groups is 2. The maximum Gasteiger partial charge on any atom is 0.262 e. The Morgan fingerprint density at radius 3 is 2.34 bits per heavy atom. The van der Waals surface area contributed by atoms with E-state index < -0.39 is 23.8 Å². The van der Waals surface area contributed by atoms with Crippen LogP contribution in [0.4, 0.5) is 5.69 Å². The van der Waals surface area contributed by atoms with Gasteiger partial charge in [0.1, 0.15) is 6.04 Å². The molecular formula is C23H28N4O5. The minimum absolute atomic E-state index is 0.120. The van der Waals surface area contributed by atoms with E-state index in [4.69, 9.17) is 4.74 Å². The van der Waals surface area contributed by atoms with Crippen LogP contribution in [0.3, 0.4) is 0 Å². The van der Waals surface area contributed by atoms with Crippen molar-refractivity contribution in [2.24, 2.45) is 5.92 Å². The highest BCUT2D eigenvalue weighted by Gasteiger charge is 2.44. The second kappa shape index (κ2) is 8.63. The van der Waals surface area contributed by atoms with E-state index in [1.807, 2.05) is 6.07 Å². The lowest BCUT2D eigenvalue weighted by Gasteiger charge is -2.37. The highest BCUT2D eigenvalue weighted by atomic mass is 16.5. The Balaban J connectivity index is 1.25. The third-order valence-corrected chi connectivity index (χ3v) is 7.02. The standard InChI is InChI=1S/C23H28N4O5/c28-20-4-3-19(21(29)24-20)27-22(30)17-2-1-16(13-18(17)23(27)31)26-7-5-15(6-8-26)14-25-9-11-32-12-10-25/h1-2,13,15,19H,3-12,14H2,(H,24,28,29). The monoisotopic (exact) mass is 440 g/mol. The minimum Gasteiger partial charge on any atom is -0.379 e. The van der Waals surface area contributed by atoms with Crippen molar-refractivity contribution >= 4 is 29.3 Å². The molecule has 4 amide bonds. The first kappa shape index (κ1) is 21.1. The van der Waals surface area contributed by atoms with E-state index in [2.05, 4.69) is 15.1 Å². The summed E-state index contributed by atoms with van der Waals surface area (Å²) in [6.45, 7) is 6.57. The van der Waals surface area contributed by atoms with E-state index in [9.17, 15) is 19.2 Å². The van der Waals surface area contributed by atoms with Crippen LogP contribution < -0.4 is 10.2 Å². The molecule has 1 aromatic rings. The van der Waals surface area contributed by atoms with Crippen molar-refractivity contribution in [3.05, 3.63) is 29.3 Å². The van der Waals surface area contributed by atoms with Crippen molar-refractivity contribution in [2.45, 2.75) is 31.7 Å². The maximum atomic E-state index is 13.0. The molecule has 4 aliphatic rings. The molecule has 1 atom stereocenters. The van der Waals surface area contributed by atoms with Crippen molar-refractivity contribution in [1.29, 1.82) is 0 Å². The van der Waals surface area contributed by atoms with Crippen LogP contribution in [-0.4, -0.2) is 85.4 Å². The lowest BCUT2D eigenvalue weighted by atomic mass is 9.95. The van der Waals surface area contributed by atoms with Crippen molar-refractivity contribution in [1.82, 2.24) is 15.1 Å². The summed E-state index contributed by atoms with van der Waals surface area (Å²) in [5.41, 5.74) is 1.60. The Morgan fingerprint density at radius 2 is 1.62 bits per heavy atom. The van der Waals surface area contributed by atoms with E-state index in [1.165, 1.54) is 0 Å². The molecule has 32 heavy (non-hydrogen) atoms. The summed E-state index contributed by atoms with van der Waals surface area (Å²) < 4.78 is 5.43. The Morgan fingerprint density at radius 1 is 0.906 bits per heavy atom. The lowest BCUT2D eigenvalue weighted by molar-refractivity contribution is -0.136. The molecule has 1 unspecified atom stereocenters. The summed E-state index contributed by atoms with van der Waals surface area (Å²) >= 11 is 0. The molecule has 170 valence electrons. The van der Waals surface area contributed by atoms with E-state index in [0.29, 0.717) is 17.0 Å². The summed E-state index contributed by atoms with van der Waals surface area (Å²) in [5.74, 6) is -1.22. The van der Waals surface area contributed by atoms with E-state index in [0.717, 1.165) is 69.4 Å². The van der Waals surface area contributed by atoms with Gasteiger partial charge >= 0.3 is 0 Å². The first-order valence-corrected chi connectivity index (χ1v) is 11.4. The van der Waals surface area contributed by atoms with Gasteiger partial charge in [0, 0.05) is 44.8 Å². The van der Waals surface area contributed by atoms with E-state index in [1.54, 1.807) is 12.1 Å². The normalized spacial score (nSPS) is 25.3. The number of piperidine rings is 2. The molecule has 5 rings (SSSR count). The average molecular weight is 441 g/mol. The van der Waals surface area contributed by atoms with Crippen molar-refractivity contribution in [2.75, 3.05) is 50.8 Å². The van der Waals surface area contributed by atoms with Gasteiger partial charge in [-0.05, 0) is 43.4 Å². The number of hydrogen-bond acceptors (Lipinski definition) is 7. The molecule has 4 heterocycles. The number of rotatable bonds is 4. The van der Waals surface area contributed by atoms with Gasteiger partial charge in [0.15, 0.2) is 0 Å². The van der Waals surface area contributed by atoms with E-state index in [-0.39, 0.29) is 18.7 Å². The number of fused-ring (bicyclic) bond motifs is 1. The van der Waals surface area contributed by atoms with Crippen LogP contribution in [0, 0.1) is 5.92 Å². The number of carbonyl (C=O) groups is 4. The molecule has 0 aromatic heterocycles. The Hall–Kier alpha value is -2.78. The van der Waals surface area contributed by atoms with Gasteiger partial charge in [0.05, 0.1) is 24.3 Å². The van der Waals surface area contributed by atoms with Crippen LogP contribution in [0.5, 0.6) is 0 Å². The number of hydrogen-bond donors (Lipinski definition) is 1. The zero-order valence-electron chi connectivity index (χ0n) is 18.0. The van der Waals surface area contributed by atoms with Gasteiger partial charge in [-0.25, -0.2) is 0 Å². The van der Waals surface area contributed by atoms with Crippen LogP contribution in [0.2, 0.25) is 0 Å². The zero-order chi connectivity index (χ0) is 22.2. The van der Waals surface area contributed by atoms with Gasteiger partial charge in [0.25, 0.3) is 11.8 Å². The highest BCUT2D eigenvalue weighted by molar-refractivity contribution is 6.23. The van der Waals surface area contributed by atoms with E-state index >= 15 is 0 Å². The Bertz CT molecular complexity index is 950. The van der Waals surface area contributed by atoms with Crippen LogP contribution in [0.15, 0.2) is 18.2 Å². The molecule has 3 fully saturated rings. The number of benzene rings is 1. The number of anilines is 1. The quantitative estimate of drug-likeness (QED) is 0.686. The smallest absolute Gasteiger partial charge is 0.262 e. The lowest BCUT2D eigenvalue weighted by Crippen LogP contribution is -2.54. The second-order valence-corrected chi connectivity index (χ2v) is 9.02. The minimum atomic E-state index is -0.931. The fourth-order valence-corrected chi connectivity index (χ4v) is 5.18. The molecule has 9 nitrogen and oxygen atoms in total. The molecule has 0 radical (unpaired) electrons. The number of ether oxygens (including phenoxy) is 1. The molecule has 0 bridgehead atoms. The summed E-state index contributed by atoms with van der Waals surface area (Å²) in [5, 5.41) is 2.23. The van der Waals surface area contributed by atoms with Crippen LogP contribution in [-0.2, 0) is 14.3 Å². The Kier molecular flexibility index (Phi) is 5.69. The largest absolute Gasteiger partial charge is 0.379 e. The van der Waals surface area contributed by atoms with Crippen molar-refractivity contribution in [3.8, 4) is 0 Å². The second-order valence-electron chi connectivity index (χ2n) is 9.02. The fraction of sp³-hybridized carbons (Fsp3) is 0.565. The number of nitrogens with zero attached hydrogens (tertiary/aromatic N) is 3. The van der Waals surface area contributed by atoms with Gasteiger partial charge in [-0.1, -0.05) is 0 Å². The van der Waals surface area contributed by atoms with Crippen LogP contribution in [0.1, 0.15) is 46.4 Å². The van der Waals surface area contributed by atoms with Gasteiger partial charge in [0.2, 0.25) is 11.8 Å². The molecule has 3 saturated heterocycles. The van der Waals surface area contributed by atoms with Gasteiger partial charge < -0.3 is 9.64 Å². The average Bonchev–Trinajstić information content (AvgIpc) is 3.05. The summed E-state index contributed by atoms with van der Waals surface area (Å²) in [7, 11) is 0. The molecule has 4 aliphatic heterocycles. The predicted octanol–water partition coefficient (Wildman–Crippen LogP) is 0.636. The molecule has 1 aromatic carbocycles. The highest BCUT2D eigenvalue weighted by Crippen LogP contribution is 2.32. The molecular weight excluding hydrogens is 412 g/mol. The SMILES string of the molecule is O=C1CCC(N2C(=O)c3ccc(N4CCC(CN5CCOCC5)CC4)cc3C2=O)C(=O)N1. The number of carbonyl (C=O) groups excluding carboxylic acids is 4. The number of nitrogens with one attached hydrogen (secondary N) is 1. The molecule has 1 N–H and O–H groups in total. The van der Waals surface area contributed by atoms with Gasteiger partial charge in [-0.15, -0.1) is 0 Å². The summed E-state index contributed by atoms with van der Waals surface area (Å²) in [6.07, 6.45) is 2.46. The summed E-state index contributed by atoms with van der Waals surface area (Å²) in [6, 6.07) is 4.43. The van der Waals surface area contributed by atoms with Crippen molar-refractivity contribution in [3.63, 3.8) is 0 Å². The first-order valence-electron chi connectivity index (χ1n) is 11.4. The third-order valence-electron chi connectivity index (χ3n) is 7.02. The summed E-state index contributed by atoms with van der Waals surface area (Å²) in [4.78, 5) is 55.3. The molecule has 0 saturated carbocycles. The number of amides is 4. The first-order chi connectivity index (χ1) is 15.5. The van der Waals surface area contributed by atoms with Crippen LogP contribution >= 0.6 is 0 Å². The third kappa shape index (κ3) is 3.91. The fourth-order valence-electron chi connectivity index (χ4n) is 5.18. The Labute approximate surface area is 186 Å². The predicted molar refractivity (Wildman–Crippen MR) is 115 cm³/mol. The van der Waals surface area contributed by atoms with Gasteiger partial charge in [-0.2, -0.15) is 0 Å². The van der Waals surface area contributed by atoms with Gasteiger partial charge in [-0.3, -0.25) is 34.3 Å². The molecule has 9 heteroatoms. The zero-order valence-corrected chi connectivity index (χ0v) is 18.0. The molecule has 0 spiro atoms. The number of morpholine rings is 1. The maximum absolute atomic E-state index is 13.0. The molecule has 0 aliphatic carbocycles. The topological polar surface area (TPSA) is 99.3 Å². The van der Waals surface area contributed by atoms with Crippen LogP contribution in [0.25, 0.3) is 0 Å². The van der Waals surface area contributed by atoms with Crippen molar-refractivity contribution < 1.29 is 23.9 Å².